The van der Waals surface area contributed by atoms with Gasteiger partial charge in [-0.25, -0.2) is 0 Å². The molecule has 0 bridgehead atoms. The van der Waals surface area contributed by atoms with Gasteiger partial charge in [0.25, 0.3) is 0 Å². The molecule has 1 aromatic heterocycles. The molecule has 0 radical (unpaired) electrons. The van der Waals surface area contributed by atoms with Crippen LogP contribution in [0, 0.1) is 0 Å². The van der Waals surface area contributed by atoms with E-state index in [9.17, 15) is 0 Å². The van der Waals surface area contributed by atoms with Crippen LogP contribution in [0.2, 0.25) is 0 Å². The Morgan fingerprint density at radius 2 is 1.95 bits per heavy atom. The second-order valence-electron chi connectivity index (χ2n) is 4.44. The third kappa shape index (κ3) is 4.72. The summed E-state index contributed by atoms with van der Waals surface area (Å²) < 4.78 is 5.65. The fraction of sp³-hybridized carbons (Fsp3) is 0.312. The molecule has 0 aliphatic carbocycles. The van der Waals surface area contributed by atoms with Crippen LogP contribution in [0.4, 0.5) is 0 Å². The number of rotatable bonds is 7. The van der Waals surface area contributed by atoms with Gasteiger partial charge in [-0.3, -0.25) is 4.98 Å². The predicted octanol–water partition coefficient (Wildman–Crippen LogP) is 3.16. The molecular weight excluding hydrogens is 236 g/mol. The first-order valence-corrected chi connectivity index (χ1v) is 6.71. The molecule has 0 saturated carbocycles. The average Bonchev–Trinajstić information content (AvgIpc) is 2.48. The van der Waals surface area contributed by atoms with Crippen molar-refractivity contribution in [3.8, 4) is 5.75 Å². The number of hydrogen-bond donors (Lipinski definition) is 1. The predicted molar refractivity (Wildman–Crippen MR) is 77.0 cm³/mol. The van der Waals surface area contributed by atoms with Crippen molar-refractivity contribution < 1.29 is 4.74 Å². The molecule has 100 valence electrons. The normalized spacial score (nSPS) is 10.4. The zero-order valence-electron chi connectivity index (χ0n) is 11.3. The zero-order chi connectivity index (χ0) is 13.3. The molecule has 0 fully saturated rings. The van der Waals surface area contributed by atoms with E-state index in [0.29, 0.717) is 6.61 Å². The largest absolute Gasteiger partial charge is 0.487 e. The minimum Gasteiger partial charge on any atom is -0.487 e. The number of pyridine rings is 1. The van der Waals surface area contributed by atoms with Gasteiger partial charge < -0.3 is 10.1 Å². The average molecular weight is 256 g/mol. The molecule has 19 heavy (non-hydrogen) atoms. The van der Waals surface area contributed by atoms with Crippen molar-refractivity contribution in [2.75, 3.05) is 6.54 Å². The van der Waals surface area contributed by atoms with Crippen LogP contribution >= 0.6 is 0 Å². The van der Waals surface area contributed by atoms with Crippen LogP contribution in [0.1, 0.15) is 24.6 Å². The Hall–Kier alpha value is -1.87. The van der Waals surface area contributed by atoms with Crippen LogP contribution in [0.5, 0.6) is 5.75 Å². The lowest BCUT2D eigenvalue weighted by Gasteiger charge is -2.07. The number of hydrogen-bond acceptors (Lipinski definition) is 3. The van der Waals surface area contributed by atoms with Gasteiger partial charge in [-0.2, -0.15) is 0 Å². The van der Waals surface area contributed by atoms with Crippen molar-refractivity contribution in [2.45, 2.75) is 26.5 Å². The first kappa shape index (κ1) is 13.6. The topological polar surface area (TPSA) is 34.1 Å². The van der Waals surface area contributed by atoms with Crippen LogP contribution in [-0.2, 0) is 13.2 Å². The van der Waals surface area contributed by atoms with Gasteiger partial charge in [-0.05, 0) is 36.7 Å². The van der Waals surface area contributed by atoms with E-state index < -0.39 is 0 Å². The summed E-state index contributed by atoms with van der Waals surface area (Å²) in [5.41, 5.74) is 2.15. The highest BCUT2D eigenvalue weighted by atomic mass is 16.5. The Balaban J connectivity index is 1.81. The van der Waals surface area contributed by atoms with Gasteiger partial charge in [-0.15, -0.1) is 0 Å². The van der Waals surface area contributed by atoms with Gasteiger partial charge in [0.05, 0.1) is 5.69 Å². The Bertz CT molecular complexity index is 468. The second-order valence-corrected chi connectivity index (χ2v) is 4.44. The highest BCUT2D eigenvalue weighted by molar-refractivity contribution is 5.21. The van der Waals surface area contributed by atoms with Crippen molar-refractivity contribution in [3.05, 3.63) is 59.9 Å². The van der Waals surface area contributed by atoms with Crippen LogP contribution in [0.3, 0.4) is 0 Å². The molecule has 0 spiro atoms. The van der Waals surface area contributed by atoms with Crippen LogP contribution in [-0.4, -0.2) is 11.5 Å². The number of nitrogens with one attached hydrogen (secondary N) is 1. The standard InChI is InChI=1S/C16H20N2O/c1-2-10-17-11-14-8-9-15(18-12-14)13-19-16-6-4-3-5-7-16/h3-9,12,17H,2,10-11,13H2,1H3. The van der Waals surface area contributed by atoms with E-state index in [1.807, 2.05) is 42.6 Å². The first-order valence-electron chi connectivity index (χ1n) is 6.71. The van der Waals surface area contributed by atoms with E-state index in [-0.39, 0.29) is 0 Å². The summed E-state index contributed by atoms with van der Waals surface area (Å²) in [5.74, 6) is 0.873. The number of ether oxygens (including phenoxy) is 1. The fourth-order valence-electron chi connectivity index (χ4n) is 1.73. The third-order valence-corrected chi connectivity index (χ3v) is 2.77. The third-order valence-electron chi connectivity index (χ3n) is 2.77. The molecule has 0 aliphatic rings. The van der Waals surface area contributed by atoms with Gasteiger partial charge in [0.15, 0.2) is 0 Å². The van der Waals surface area contributed by atoms with Gasteiger partial charge >= 0.3 is 0 Å². The maximum Gasteiger partial charge on any atom is 0.130 e. The zero-order valence-corrected chi connectivity index (χ0v) is 11.3. The van der Waals surface area contributed by atoms with Crippen molar-refractivity contribution in [1.82, 2.24) is 10.3 Å². The van der Waals surface area contributed by atoms with E-state index in [4.69, 9.17) is 4.74 Å². The molecule has 1 N–H and O–H groups in total. The van der Waals surface area contributed by atoms with E-state index in [1.54, 1.807) is 0 Å². The highest BCUT2D eigenvalue weighted by Crippen LogP contribution is 2.10. The van der Waals surface area contributed by atoms with Crippen molar-refractivity contribution in [2.24, 2.45) is 0 Å². The molecule has 0 aliphatic heterocycles. The summed E-state index contributed by atoms with van der Waals surface area (Å²) in [6, 6.07) is 13.9. The summed E-state index contributed by atoms with van der Waals surface area (Å²) >= 11 is 0. The van der Waals surface area contributed by atoms with E-state index in [1.165, 1.54) is 5.56 Å². The van der Waals surface area contributed by atoms with Gasteiger partial charge in [0, 0.05) is 12.7 Å². The fourth-order valence-corrected chi connectivity index (χ4v) is 1.73. The van der Waals surface area contributed by atoms with Crippen molar-refractivity contribution in [1.29, 1.82) is 0 Å². The van der Waals surface area contributed by atoms with Gasteiger partial charge in [0.1, 0.15) is 12.4 Å². The molecule has 0 saturated heterocycles. The lowest BCUT2D eigenvalue weighted by Crippen LogP contribution is -2.14. The molecular formula is C16H20N2O. The minimum atomic E-state index is 0.507. The highest BCUT2D eigenvalue weighted by Gasteiger charge is 1.98. The summed E-state index contributed by atoms with van der Waals surface area (Å²) in [6.07, 6.45) is 3.06. The molecule has 3 nitrogen and oxygen atoms in total. The van der Waals surface area contributed by atoms with Gasteiger partial charge in [-0.1, -0.05) is 31.2 Å². The summed E-state index contributed by atoms with van der Waals surface area (Å²) in [4.78, 5) is 4.41. The Morgan fingerprint density at radius 3 is 2.63 bits per heavy atom. The smallest absolute Gasteiger partial charge is 0.130 e. The Kier molecular flexibility index (Phi) is 5.38. The summed E-state index contributed by atoms with van der Waals surface area (Å²) in [6.45, 7) is 4.58. The van der Waals surface area contributed by atoms with Crippen LogP contribution < -0.4 is 10.1 Å². The van der Waals surface area contributed by atoms with Crippen molar-refractivity contribution in [3.63, 3.8) is 0 Å². The molecule has 1 aromatic carbocycles. The van der Waals surface area contributed by atoms with E-state index in [2.05, 4.69) is 23.3 Å². The molecule has 3 heteroatoms. The molecule has 0 unspecified atom stereocenters. The number of para-hydroxylation sites is 1. The lowest BCUT2D eigenvalue weighted by atomic mass is 10.2. The Labute approximate surface area is 114 Å². The van der Waals surface area contributed by atoms with E-state index >= 15 is 0 Å². The monoisotopic (exact) mass is 256 g/mol. The number of nitrogens with zero attached hydrogens (tertiary/aromatic N) is 1. The number of benzene rings is 1. The minimum absolute atomic E-state index is 0.507. The van der Waals surface area contributed by atoms with Gasteiger partial charge in [0.2, 0.25) is 0 Å². The molecule has 2 aromatic rings. The maximum atomic E-state index is 5.65. The van der Waals surface area contributed by atoms with Crippen molar-refractivity contribution >= 4 is 0 Å². The maximum absolute atomic E-state index is 5.65. The summed E-state index contributed by atoms with van der Waals surface area (Å²) in [5, 5.41) is 3.36. The Morgan fingerprint density at radius 1 is 1.11 bits per heavy atom. The first-order chi connectivity index (χ1) is 9.38. The van der Waals surface area contributed by atoms with Crippen LogP contribution in [0.15, 0.2) is 48.7 Å². The summed E-state index contributed by atoms with van der Waals surface area (Å²) in [7, 11) is 0. The second kappa shape index (κ2) is 7.54. The molecule has 0 atom stereocenters. The molecule has 2 rings (SSSR count). The lowest BCUT2D eigenvalue weighted by molar-refractivity contribution is 0.301. The van der Waals surface area contributed by atoms with E-state index in [0.717, 1.165) is 31.0 Å². The molecule has 0 amide bonds. The van der Waals surface area contributed by atoms with Crippen LogP contribution in [0.25, 0.3) is 0 Å². The number of aromatic nitrogens is 1. The molecule has 1 heterocycles. The SMILES string of the molecule is CCCNCc1ccc(COc2ccccc2)nc1. The quantitative estimate of drug-likeness (QED) is 0.773.